The first-order chi connectivity index (χ1) is 13.2. The Bertz CT molecular complexity index is 971. The molecule has 0 saturated carbocycles. The highest BCUT2D eigenvalue weighted by atomic mass is 19.1. The summed E-state index contributed by atoms with van der Waals surface area (Å²) >= 11 is 0. The smallest absolute Gasteiger partial charge is 0.161 e. The zero-order chi connectivity index (χ0) is 18.8. The number of anilines is 2. The number of H-pyrrole nitrogens is 1. The molecule has 1 heterocycles. The van der Waals surface area contributed by atoms with E-state index >= 15 is 0 Å². The summed E-state index contributed by atoms with van der Waals surface area (Å²) in [5, 5.41) is 19.5. The number of halogens is 1. The third-order valence-electron chi connectivity index (χ3n) is 4.54. The lowest BCUT2D eigenvalue weighted by Gasteiger charge is -2.12. The summed E-state index contributed by atoms with van der Waals surface area (Å²) in [7, 11) is 1.60. The van der Waals surface area contributed by atoms with Crippen molar-refractivity contribution >= 4 is 11.5 Å². The van der Waals surface area contributed by atoms with Gasteiger partial charge >= 0.3 is 0 Å². The molecule has 0 radical (unpaired) electrons. The van der Waals surface area contributed by atoms with Crippen LogP contribution in [0.3, 0.4) is 0 Å². The molecule has 7 heteroatoms. The Morgan fingerprint density at radius 2 is 2.15 bits per heavy atom. The quantitative estimate of drug-likeness (QED) is 0.434. The Morgan fingerprint density at radius 1 is 1.26 bits per heavy atom. The van der Waals surface area contributed by atoms with Gasteiger partial charge in [0.05, 0.1) is 19.4 Å². The summed E-state index contributed by atoms with van der Waals surface area (Å²) in [4.78, 5) is 0. The van der Waals surface area contributed by atoms with E-state index in [2.05, 4.69) is 15.5 Å². The highest BCUT2D eigenvalue weighted by Gasteiger charge is 2.27. The second-order valence-electron chi connectivity index (χ2n) is 6.32. The van der Waals surface area contributed by atoms with E-state index in [-0.39, 0.29) is 12.4 Å². The molecule has 3 aromatic rings. The van der Waals surface area contributed by atoms with Crippen LogP contribution < -0.4 is 14.8 Å². The fraction of sp³-hybridized carbons (Fsp3) is 0.250. The number of fused-ring (bicyclic) bond motifs is 3. The van der Waals surface area contributed by atoms with Crippen molar-refractivity contribution in [3.05, 3.63) is 53.3 Å². The summed E-state index contributed by atoms with van der Waals surface area (Å²) in [5.74, 6) is 1.66. The van der Waals surface area contributed by atoms with E-state index in [0.29, 0.717) is 42.5 Å². The van der Waals surface area contributed by atoms with Crippen molar-refractivity contribution in [2.45, 2.75) is 12.8 Å². The molecule has 4 rings (SSSR count). The van der Waals surface area contributed by atoms with Crippen LogP contribution in [0.25, 0.3) is 11.3 Å². The molecule has 1 aliphatic rings. The summed E-state index contributed by atoms with van der Waals surface area (Å²) in [6, 6.07) is 10.2. The van der Waals surface area contributed by atoms with Crippen molar-refractivity contribution in [2.75, 3.05) is 25.6 Å². The van der Waals surface area contributed by atoms with Gasteiger partial charge < -0.3 is 19.9 Å². The zero-order valence-corrected chi connectivity index (χ0v) is 14.9. The molecule has 0 spiro atoms. The number of aromatic nitrogens is 2. The average Bonchev–Trinajstić information content (AvgIpc) is 3.21. The molecule has 27 heavy (non-hydrogen) atoms. The topological polar surface area (TPSA) is 79.4 Å². The van der Waals surface area contributed by atoms with Gasteiger partial charge in [0.1, 0.15) is 5.82 Å². The van der Waals surface area contributed by atoms with Crippen molar-refractivity contribution in [3.8, 4) is 22.8 Å². The van der Waals surface area contributed by atoms with Gasteiger partial charge in [-0.15, -0.1) is 0 Å². The molecule has 0 saturated heterocycles. The first-order valence-corrected chi connectivity index (χ1v) is 8.74. The summed E-state index contributed by atoms with van der Waals surface area (Å²) < 4.78 is 24.6. The fourth-order valence-corrected chi connectivity index (χ4v) is 3.26. The standard InChI is InChI=1S/C20H20FN3O3/c1-26-17-11-15-12(9-18(17)27-7-3-6-25)8-16-19(15)23-24-20(16)22-14-5-2-4-13(21)10-14/h2,4-5,9-11,25H,3,6-8H2,1H3,(H2,22,23,24). The number of aliphatic hydroxyl groups excluding tert-OH is 1. The fourth-order valence-electron chi connectivity index (χ4n) is 3.26. The number of methoxy groups -OCH3 is 1. The molecule has 3 N–H and O–H groups in total. The largest absolute Gasteiger partial charge is 0.493 e. The Labute approximate surface area is 155 Å². The average molecular weight is 369 g/mol. The van der Waals surface area contributed by atoms with Crippen LogP contribution in [0.1, 0.15) is 17.5 Å². The molecule has 0 fully saturated rings. The van der Waals surface area contributed by atoms with Gasteiger partial charge in [-0.2, -0.15) is 5.10 Å². The van der Waals surface area contributed by atoms with Gasteiger partial charge in [0.15, 0.2) is 17.3 Å². The number of aliphatic hydroxyl groups is 1. The van der Waals surface area contributed by atoms with Gasteiger partial charge in [0.2, 0.25) is 0 Å². The number of hydrogen-bond acceptors (Lipinski definition) is 5. The van der Waals surface area contributed by atoms with Crippen LogP contribution in [0.4, 0.5) is 15.9 Å². The van der Waals surface area contributed by atoms with Crippen LogP contribution in [0.15, 0.2) is 36.4 Å². The number of hydrogen-bond donors (Lipinski definition) is 3. The molecule has 0 bridgehead atoms. The number of ether oxygens (including phenoxy) is 2. The molecule has 0 atom stereocenters. The molecule has 6 nitrogen and oxygen atoms in total. The Kier molecular flexibility index (Phi) is 4.68. The molecule has 1 aliphatic carbocycles. The predicted octanol–water partition coefficient (Wildman–Crippen LogP) is 3.63. The number of nitrogens with zero attached hydrogens (tertiary/aromatic N) is 1. The number of rotatable bonds is 7. The molecule has 140 valence electrons. The van der Waals surface area contributed by atoms with Crippen LogP contribution in [0.5, 0.6) is 11.5 Å². The van der Waals surface area contributed by atoms with E-state index in [0.717, 1.165) is 22.4 Å². The van der Waals surface area contributed by atoms with E-state index in [1.54, 1.807) is 19.2 Å². The van der Waals surface area contributed by atoms with Crippen LogP contribution in [-0.4, -0.2) is 35.6 Å². The van der Waals surface area contributed by atoms with E-state index < -0.39 is 0 Å². The maximum atomic E-state index is 13.4. The highest BCUT2D eigenvalue weighted by Crippen LogP contribution is 2.44. The van der Waals surface area contributed by atoms with Crippen LogP contribution >= 0.6 is 0 Å². The zero-order valence-electron chi connectivity index (χ0n) is 14.9. The first-order valence-electron chi connectivity index (χ1n) is 8.74. The molecule has 1 aromatic heterocycles. The van der Waals surface area contributed by atoms with Crippen LogP contribution in [-0.2, 0) is 6.42 Å². The summed E-state index contributed by atoms with van der Waals surface area (Å²) in [6.45, 7) is 0.503. The van der Waals surface area contributed by atoms with Crippen molar-refractivity contribution in [2.24, 2.45) is 0 Å². The van der Waals surface area contributed by atoms with Gasteiger partial charge in [-0.3, -0.25) is 5.10 Å². The number of nitrogens with one attached hydrogen (secondary N) is 2. The summed E-state index contributed by atoms with van der Waals surface area (Å²) in [6.07, 6.45) is 1.24. The second-order valence-corrected chi connectivity index (χ2v) is 6.32. The maximum absolute atomic E-state index is 13.4. The molecule has 0 aliphatic heterocycles. The Balaban J connectivity index is 1.62. The highest BCUT2D eigenvalue weighted by molar-refractivity contribution is 5.81. The van der Waals surface area contributed by atoms with E-state index in [9.17, 15) is 4.39 Å². The SMILES string of the molecule is COc1cc2c(cc1OCCCO)Cc1c(Nc3cccc(F)c3)n[nH]c1-2. The number of aromatic amines is 1. The van der Waals surface area contributed by atoms with Gasteiger partial charge in [-0.05, 0) is 35.9 Å². The van der Waals surface area contributed by atoms with Gasteiger partial charge in [0.25, 0.3) is 0 Å². The first kappa shape index (κ1) is 17.4. The lowest BCUT2D eigenvalue weighted by atomic mass is 10.1. The third kappa shape index (κ3) is 3.33. The van der Waals surface area contributed by atoms with E-state index in [4.69, 9.17) is 14.6 Å². The lowest BCUT2D eigenvalue weighted by molar-refractivity contribution is 0.228. The van der Waals surface area contributed by atoms with Crippen LogP contribution in [0.2, 0.25) is 0 Å². The third-order valence-corrected chi connectivity index (χ3v) is 4.54. The maximum Gasteiger partial charge on any atom is 0.161 e. The lowest BCUT2D eigenvalue weighted by Crippen LogP contribution is -2.02. The van der Waals surface area contributed by atoms with Gasteiger partial charge in [-0.1, -0.05) is 6.07 Å². The minimum atomic E-state index is -0.301. The van der Waals surface area contributed by atoms with E-state index in [1.165, 1.54) is 12.1 Å². The van der Waals surface area contributed by atoms with Gasteiger partial charge in [0, 0.05) is 36.3 Å². The molecular weight excluding hydrogens is 349 g/mol. The molecule has 0 unspecified atom stereocenters. The minimum Gasteiger partial charge on any atom is -0.493 e. The molecular formula is C20H20FN3O3. The van der Waals surface area contributed by atoms with Crippen molar-refractivity contribution in [1.82, 2.24) is 10.2 Å². The second kappa shape index (κ2) is 7.28. The van der Waals surface area contributed by atoms with Crippen molar-refractivity contribution in [3.63, 3.8) is 0 Å². The monoisotopic (exact) mass is 369 g/mol. The Hall–Kier alpha value is -3.06. The predicted molar refractivity (Wildman–Crippen MR) is 100 cm³/mol. The normalized spacial score (nSPS) is 11.8. The molecule has 0 amide bonds. The molecule has 2 aromatic carbocycles. The van der Waals surface area contributed by atoms with Crippen molar-refractivity contribution < 1.29 is 19.0 Å². The number of benzene rings is 2. The van der Waals surface area contributed by atoms with Crippen molar-refractivity contribution in [1.29, 1.82) is 0 Å². The van der Waals surface area contributed by atoms with Crippen LogP contribution in [0, 0.1) is 5.82 Å². The Morgan fingerprint density at radius 3 is 2.93 bits per heavy atom. The van der Waals surface area contributed by atoms with Gasteiger partial charge in [-0.25, -0.2) is 4.39 Å². The minimum absolute atomic E-state index is 0.0819. The summed E-state index contributed by atoms with van der Waals surface area (Å²) in [5.41, 5.74) is 4.69. The van der Waals surface area contributed by atoms with E-state index in [1.807, 2.05) is 12.1 Å².